The van der Waals surface area contributed by atoms with Crippen molar-refractivity contribution in [1.29, 1.82) is 0 Å². The molecular formula is C15H14O2S. The molecule has 0 bridgehead atoms. The number of carbonyl (C=O) groups is 1. The molecule has 0 unspecified atom stereocenters. The van der Waals surface area contributed by atoms with Crippen LogP contribution in [0.5, 0.6) is 5.75 Å². The first-order valence-electron chi connectivity index (χ1n) is 5.78. The Bertz CT molecular complexity index is 547. The summed E-state index contributed by atoms with van der Waals surface area (Å²) in [4.78, 5) is 13.3. The lowest BCUT2D eigenvalue weighted by Gasteiger charge is -2.04. The van der Waals surface area contributed by atoms with Crippen LogP contribution in [-0.2, 0) is 0 Å². The summed E-state index contributed by atoms with van der Waals surface area (Å²) in [5, 5.41) is 9.66. The van der Waals surface area contributed by atoms with Crippen LogP contribution in [0.3, 0.4) is 0 Å². The maximum Gasteiger partial charge on any atom is 0.196 e. The van der Waals surface area contributed by atoms with Crippen molar-refractivity contribution in [3.63, 3.8) is 0 Å². The molecule has 0 fully saturated rings. The van der Waals surface area contributed by atoms with Crippen LogP contribution in [-0.4, -0.2) is 16.6 Å². The lowest BCUT2D eigenvalue weighted by atomic mass is 10.0. The van der Waals surface area contributed by atoms with Gasteiger partial charge in [-0.25, -0.2) is 0 Å². The number of para-hydroxylation sites is 1. The third-order valence-corrected chi connectivity index (χ3v) is 3.47. The molecule has 3 heteroatoms. The molecule has 0 saturated heterocycles. The summed E-state index contributed by atoms with van der Waals surface area (Å²) in [5.41, 5.74) is 0.936. The number of ketones is 1. The smallest absolute Gasteiger partial charge is 0.196 e. The normalized spacial score (nSPS) is 10.3. The summed E-state index contributed by atoms with van der Waals surface area (Å²) >= 11 is 1.73. The molecular weight excluding hydrogens is 244 g/mol. The van der Waals surface area contributed by atoms with Gasteiger partial charge in [0.25, 0.3) is 0 Å². The Hall–Kier alpha value is -1.74. The standard InChI is InChI=1S/C15H14O2S/c1-2-18-12-9-7-11(8-10-12)15(17)13-5-3-4-6-14(13)16/h3-10,16H,2H2,1H3. The summed E-state index contributed by atoms with van der Waals surface area (Å²) < 4.78 is 0. The Morgan fingerprint density at radius 2 is 1.78 bits per heavy atom. The van der Waals surface area contributed by atoms with Gasteiger partial charge >= 0.3 is 0 Å². The fraction of sp³-hybridized carbons (Fsp3) is 0.133. The Labute approximate surface area is 111 Å². The summed E-state index contributed by atoms with van der Waals surface area (Å²) in [5.74, 6) is 0.878. The third-order valence-electron chi connectivity index (χ3n) is 2.58. The van der Waals surface area contributed by atoms with Gasteiger partial charge in [-0.3, -0.25) is 4.79 Å². The van der Waals surface area contributed by atoms with E-state index >= 15 is 0 Å². The van der Waals surface area contributed by atoms with Gasteiger partial charge in [0, 0.05) is 10.5 Å². The van der Waals surface area contributed by atoms with E-state index in [4.69, 9.17) is 0 Å². The maximum atomic E-state index is 12.2. The first-order chi connectivity index (χ1) is 8.72. The fourth-order valence-corrected chi connectivity index (χ4v) is 2.35. The molecule has 0 aliphatic heterocycles. The summed E-state index contributed by atoms with van der Waals surface area (Å²) in [7, 11) is 0. The minimum Gasteiger partial charge on any atom is -0.507 e. The van der Waals surface area contributed by atoms with Crippen LogP contribution < -0.4 is 0 Å². The number of hydrogen-bond acceptors (Lipinski definition) is 3. The SMILES string of the molecule is CCSc1ccc(C(=O)c2ccccc2O)cc1. The molecule has 0 aliphatic rings. The topological polar surface area (TPSA) is 37.3 Å². The van der Waals surface area contributed by atoms with E-state index in [9.17, 15) is 9.90 Å². The van der Waals surface area contributed by atoms with Crippen LogP contribution in [0.4, 0.5) is 0 Å². The molecule has 0 amide bonds. The largest absolute Gasteiger partial charge is 0.507 e. The van der Waals surface area contributed by atoms with Crippen LogP contribution in [0, 0.1) is 0 Å². The second-order valence-corrected chi connectivity index (χ2v) is 5.14. The first-order valence-corrected chi connectivity index (χ1v) is 6.76. The van der Waals surface area contributed by atoms with Crippen molar-refractivity contribution in [3.05, 3.63) is 59.7 Å². The molecule has 18 heavy (non-hydrogen) atoms. The van der Waals surface area contributed by atoms with Crippen LogP contribution in [0.1, 0.15) is 22.8 Å². The Kier molecular flexibility index (Phi) is 4.05. The zero-order valence-electron chi connectivity index (χ0n) is 10.1. The molecule has 2 aromatic carbocycles. The van der Waals surface area contributed by atoms with Gasteiger partial charge in [0.1, 0.15) is 5.75 Å². The number of thioether (sulfide) groups is 1. The number of rotatable bonds is 4. The molecule has 92 valence electrons. The highest BCUT2D eigenvalue weighted by Crippen LogP contribution is 2.22. The van der Waals surface area contributed by atoms with Gasteiger partial charge in [-0.15, -0.1) is 11.8 Å². The van der Waals surface area contributed by atoms with Crippen LogP contribution >= 0.6 is 11.8 Å². The first kappa shape index (κ1) is 12.7. The van der Waals surface area contributed by atoms with Gasteiger partial charge in [-0.1, -0.05) is 19.1 Å². The van der Waals surface area contributed by atoms with Gasteiger partial charge in [0.05, 0.1) is 5.56 Å². The summed E-state index contributed by atoms with van der Waals surface area (Å²) in [6.45, 7) is 2.09. The number of hydrogen-bond donors (Lipinski definition) is 1. The molecule has 0 saturated carbocycles. The molecule has 2 aromatic rings. The molecule has 2 nitrogen and oxygen atoms in total. The average molecular weight is 258 g/mol. The van der Waals surface area contributed by atoms with Crippen molar-refractivity contribution in [2.75, 3.05) is 5.75 Å². The van der Waals surface area contributed by atoms with Gasteiger partial charge in [0.2, 0.25) is 0 Å². The van der Waals surface area contributed by atoms with E-state index < -0.39 is 0 Å². The zero-order valence-corrected chi connectivity index (χ0v) is 10.9. The predicted octanol–water partition coefficient (Wildman–Crippen LogP) is 3.74. The van der Waals surface area contributed by atoms with E-state index in [1.807, 2.05) is 12.1 Å². The van der Waals surface area contributed by atoms with Crippen LogP contribution in [0.2, 0.25) is 0 Å². The Balaban J connectivity index is 2.27. The van der Waals surface area contributed by atoms with Gasteiger partial charge in [-0.05, 0) is 42.2 Å². The van der Waals surface area contributed by atoms with Crippen molar-refractivity contribution >= 4 is 17.5 Å². The number of phenols is 1. The number of benzene rings is 2. The van der Waals surface area contributed by atoms with Crippen molar-refractivity contribution in [1.82, 2.24) is 0 Å². The van der Waals surface area contributed by atoms with Crippen molar-refractivity contribution in [2.45, 2.75) is 11.8 Å². The molecule has 0 heterocycles. The van der Waals surface area contributed by atoms with Crippen LogP contribution in [0.25, 0.3) is 0 Å². The Morgan fingerprint density at radius 1 is 1.11 bits per heavy atom. The number of phenolic OH excluding ortho intramolecular Hbond substituents is 1. The molecule has 0 aliphatic carbocycles. The van der Waals surface area contributed by atoms with Gasteiger partial charge < -0.3 is 5.11 Å². The highest BCUT2D eigenvalue weighted by atomic mass is 32.2. The summed E-state index contributed by atoms with van der Waals surface area (Å²) in [6.07, 6.45) is 0. The molecule has 2 rings (SSSR count). The average Bonchev–Trinajstić information content (AvgIpc) is 2.40. The van der Waals surface area contributed by atoms with E-state index in [0.717, 1.165) is 10.6 Å². The quantitative estimate of drug-likeness (QED) is 0.670. The van der Waals surface area contributed by atoms with E-state index in [0.29, 0.717) is 11.1 Å². The molecule has 0 radical (unpaired) electrons. The molecule has 0 aromatic heterocycles. The summed E-state index contributed by atoms with van der Waals surface area (Å²) in [6, 6.07) is 14.1. The molecule has 0 atom stereocenters. The van der Waals surface area contributed by atoms with E-state index in [-0.39, 0.29) is 11.5 Å². The van der Waals surface area contributed by atoms with Crippen molar-refractivity contribution in [2.24, 2.45) is 0 Å². The monoisotopic (exact) mass is 258 g/mol. The lowest BCUT2D eigenvalue weighted by Crippen LogP contribution is -2.01. The van der Waals surface area contributed by atoms with E-state index in [2.05, 4.69) is 6.92 Å². The van der Waals surface area contributed by atoms with Crippen LogP contribution in [0.15, 0.2) is 53.4 Å². The zero-order chi connectivity index (χ0) is 13.0. The molecule has 1 N–H and O–H groups in total. The maximum absolute atomic E-state index is 12.2. The molecule has 0 spiro atoms. The lowest BCUT2D eigenvalue weighted by molar-refractivity contribution is 0.103. The van der Waals surface area contributed by atoms with Gasteiger partial charge in [-0.2, -0.15) is 0 Å². The Morgan fingerprint density at radius 3 is 2.39 bits per heavy atom. The van der Waals surface area contributed by atoms with Crippen molar-refractivity contribution in [3.8, 4) is 5.75 Å². The van der Waals surface area contributed by atoms with E-state index in [1.165, 1.54) is 6.07 Å². The second-order valence-electron chi connectivity index (χ2n) is 3.80. The minimum atomic E-state index is -0.152. The predicted molar refractivity (Wildman–Crippen MR) is 74.4 cm³/mol. The highest BCUT2D eigenvalue weighted by Gasteiger charge is 2.12. The third kappa shape index (κ3) is 2.74. The second kappa shape index (κ2) is 5.74. The number of carbonyl (C=O) groups excluding carboxylic acids is 1. The van der Waals surface area contributed by atoms with E-state index in [1.54, 1.807) is 42.1 Å². The fourth-order valence-electron chi connectivity index (χ4n) is 1.69. The highest BCUT2D eigenvalue weighted by molar-refractivity contribution is 7.99. The number of aromatic hydroxyl groups is 1. The minimum absolute atomic E-state index is 0.0227. The van der Waals surface area contributed by atoms with Gasteiger partial charge in [0.15, 0.2) is 5.78 Å². The van der Waals surface area contributed by atoms with Crippen molar-refractivity contribution < 1.29 is 9.90 Å².